The largest absolute Gasteiger partial charge is 0.481 e. The Balaban J connectivity index is 1.96. The molecule has 0 spiro atoms. The van der Waals surface area contributed by atoms with Gasteiger partial charge in [0.1, 0.15) is 0 Å². The van der Waals surface area contributed by atoms with Crippen LogP contribution in [0.5, 0.6) is 0 Å². The summed E-state index contributed by atoms with van der Waals surface area (Å²) in [5, 5.41) is 11.0. The molecule has 4 rings (SSSR count). The van der Waals surface area contributed by atoms with Crippen LogP contribution in [0.2, 0.25) is 10.0 Å². The van der Waals surface area contributed by atoms with E-state index in [1.807, 2.05) is 71.6 Å². The summed E-state index contributed by atoms with van der Waals surface area (Å²) in [6, 6.07) is 20.2. The van der Waals surface area contributed by atoms with E-state index in [-0.39, 0.29) is 30.3 Å². The van der Waals surface area contributed by atoms with Crippen molar-refractivity contribution >= 4 is 35.1 Å². The Morgan fingerprint density at radius 3 is 2.44 bits per heavy atom. The second kappa shape index (κ2) is 11.0. The molecule has 1 aliphatic heterocycles. The number of carboxylic acids is 1. The van der Waals surface area contributed by atoms with Crippen molar-refractivity contribution in [1.82, 2.24) is 9.88 Å². The Morgan fingerprint density at radius 1 is 1.08 bits per heavy atom. The Kier molecular flexibility index (Phi) is 8.01. The fraction of sp³-hybridized carbons (Fsp3) is 0.345. The van der Waals surface area contributed by atoms with Crippen molar-refractivity contribution in [1.29, 1.82) is 0 Å². The number of carboxylic acid groups (broad SMARTS) is 1. The second-order valence-electron chi connectivity index (χ2n) is 9.76. The summed E-state index contributed by atoms with van der Waals surface area (Å²) in [5.41, 5.74) is 1.60. The molecule has 1 aliphatic rings. The van der Waals surface area contributed by atoms with Gasteiger partial charge in [-0.1, -0.05) is 73.8 Å². The Hall–Kier alpha value is -2.89. The van der Waals surface area contributed by atoms with Crippen molar-refractivity contribution in [3.63, 3.8) is 0 Å². The number of piperidine rings is 1. The number of aliphatic carboxylic acids is 1. The average molecular weight is 525 g/mol. The Bertz CT molecular complexity index is 1220. The molecule has 3 aromatic rings. The molecule has 1 fully saturated rings. The lowest BCUT2D eigenvalue weighted by Crippen LogP contribution is -2.53. The second-order valence-corrected chi connectivity index (χ2v) is 10.6. The third-order valence-electron chi connectivity index (χ3n) is 7.06. The Labute approximate surface area is 222 Å². The summed E-state index contributed by atoms with van der Waals surface area (Å²) in [6.45, 7) is 3.85. The van der Waals surface area contributed by atoms with Gasteiger partial charge in [0, 0.05) is 22.2 Å². The van der Waals surface area contributed by atoms with Crippen LogP contribution >= 0.6 is 23.2 Å². The topological polar surface area (TPSA) is 70.5 Å². The van der Waals surface area contributed by atoms with E-state index >= 15 is 0 Å². The predicted octanol–water partition coefficient (Wildman–Crippen LogP) is 7.47. The molecule has 2 heterocycles. The number of pyridine rings is 1. The van der Waals surface area contributed by atoms with Crippen LogP contribution < -0.4 is 0 Å². The number of hydrogen-bond acceptors (Lipinski definition) is 3. The van der Waals surface area contributed by atoms with Crippen LogP contribution in [-0.2, 0) is 9.59 Å². The molecule has 1 unspecified atom stereocenters. The van der Waals surface area contributed by atoms with E-state index in [9.17, 15) is 14.7 Å². The number of aromatic nitrogens is 1. The van der Waals surface area contributed by atoms with Gasteiger partial charge in [-0.15, -0.1) is 0 Å². The molecule has 1 aromatic heterocycles. The Morgan fingerprint density at radius 2 is 1.83 bits per heavy atom. The van der Waals surface area contributed by atoms with E-state index in [0.29, 0.717) is 22.9 Å². The summed E-state index contributed by atoms with van der Waals surface area (Å²) in [5.74, 6) is -1.35. The van der Waals surface area contributed by atoms with Crippen LogP contribution in [0.15, 0.2) is 72.9 Å². The molecule has 2 aromatic carbocycles. The van der Waals surface area contributed by atoms with Gasteiger partial charge < -0.3 is 10.0 Å². The molecule has 0 saturated carbocycles. The molecular formula is C29H30Cl2N2O3. The van der Waals surface area contributed by atoms with Crippen molar-refractivity contribution in [3.05, 3.63) is 99.8 Å². The van der Waals surface area contributed by atoms with Crippen LogP contribution in [0.4, 0.5) is 0 Å². The highest BCUT2D eigenvalue weighted by molar-refractivity contribution is 6.30. The number of halogens is 2. The predicted molar refractivity (Wildman–Crippen MR) is 142 cm³/mol. The van der Waals surface area contributed by atoms with E-state index in [1.165, 1.54) is 0 Å². The zero-order chi connectivity index (χ0) is 25.9. The number of nitrogens with zero attached hydrogens (tertiary/aromatic N) is 2. The molecular weight excluding hydrogens is 495 g/mol. The number of hydrogen-bond donors (Lipinski definition) is 1. The first-order chi connectivity index (χ1) is 17.2. The third kappa shape index (κ3) is 5.42. The number of rotatable bonds is 8. The standard InChI is InChI=1S/C29H30Cl2N2O3/c1-3-7-25(24-10-4-5-15-32-24)33-27(19-11-13-21(30)14-12-19)23(20-8-6-9-22(31)16-20)17-29(2,28(33)36)18-26(34)35/h4-6,8-16,23,25,27H,3,7,17-18H2,1-2H3,(H,34,35)/t23-,25?,27-,29-/m1/s1. The quantitative estimate of drug-likeness (QED) is 0.331. The zero-order valence-corrected chi connectivity index (χ0v) is 21.9. The molecule has 188 valence electrons. The lowest BCUT2D eigenvalue weighted by Gasteiger charge is -2.51. The van der Waals surface area contributed by atoms with E-state index in [2.05, 4.69) is 11.9 Å². The van der Waals surface area contributed by atoms with Gasteiger partial charge in [-0.25, -0.2) is 0 Å². The number of carbonyl (C=O) groups excluding carboxylic acids is 1. The summed E-state index contributed by atoms with van der Waals surface area (Å²) in [6.07, 6.45) is 3.37. The normalized spacial score (nSPS) is 22.9. The molecule has 0 bridgehead atoms. The fourth-order valence-electron chi connectivity index (χ4n) is 5.50. The molecule has 1 amide bonds. The molecule has 4 atom stereocenters. The summed E-state index contributed by atoms with van der Waals surface area (Å²) >= 11 is 12.6. The van der Waals surface area contributed by atoms with Crippen molar-refractivity contribution in [2.45, 2.75) is 57.5 Å². The van der Waals surface area contributed by atoms with Crippen LogP contribution in [0.3, 0.4) is 0 Å². The maximum Gasteiger partial charge on any atom is 0.304 e. The van der Waals surface area contributed by atoms with Crippen molar-refractivity contribution < 1.29 is 14.7 Å². The summed E-state index contributed by atoms with van der Waals surface area (Å²) in [4.78, 5) is 32.8. The lowest BCUT2D eigenvalue weighted by atomic mass is 9.67. The van der Waals surface area contributed by atoms with Crippen LogP contribution in [0.1, 0.15) is 74.4 Å². The van der Waals surface area contributed by atoms with Crippen molar-refractivity contribution in [2.24, 2.45) is 5.41 Å². The van der Waals surface area contributed by atoms with Gasteiger partial charge in [-0.05, 0) is 60.4 Å². The first-order valence-electron chi connectivity index (χ1n) is 12.2. The third-order valence-corrected chi connectivity index (χ3v) is 7.55. The minimum absolute atomic E-state index is 0.174. The highest BCUT2D eigenvalue weighted by atomic mass is 35.5. The smallest absolute Gasteiger partial charge is 0.304 e. The van der Waals surface area contributed by atoms with Gasteiger partial charge in [0.05, 0.1) is 29.6 Å². The fourth-order valence-corrected chi connectivity index (χ4v) is 5.82. The van der Waals surface area contributed by atoms with Gasteiger partial charge in [-0.3, -0.25) is 14.6 Å². The van der Waals surface area contributed by atoms with E-state index in [1.54, 1.807) is 13.1 Å². The highest BCUT2D eigenvalue weighted by Gasteiger charge is 2.52. The van der Waals surface area contributed by atoms with Gasteiger partial charge in [0.15, 0.2) is 0 Å². The first kappa shape index (κ1) is 26.2. The molecule has 7 heteroatoms. The molecule has 0 radical (unpaired) electrons. The summed E-state index contributed by atoms with van der Waals surface area (Å²) < 4.78 is 0. The van der Waals surface area contributed by atoms with Gasteiger partial charge in [0.2, 0.25) is 5.91 Å². The minimum atomic E-state index is -1.09. The van der Waals surface area contributed by atoms with Crippen LogP contribution in [-0.4, -0.2) is 26.9 Å². The zero-order valence-electron chi connectivity index (χ0n) is 20.4. The molecule has 1 saturated heterocycles. The number of carbonyl (C=O) groups is 2. The van der Waals surface area contributed by atoms with Gasteiger partial charge in [-0.2, -0.15) is 0 Å². The number of amides is 1. The monoisotopic (exact) mass is 524 g/mol. The maximum atomic E-state index is 14.3. The first-order valence-corrected chi connectivity index (χ1v) is 13.0. The van der Waals surface area contributed by atoms with Crippen molar-refractivity contribution in [3.8, 4) is 0 Å². The van der Waals surface area contributed by atoms with Crippen LogP contribution in [0.25, 0.3) is 0 Å². The molecule has 36 heavy (non-hydrogen) atoms. The molecule has 0 aliphatic carbocycles. The van der Waals surface area contributed by atoms with E-state index in [0.717, 1.165) is 23.2 Å². The molecule has 5 nitrogen and oxygen atoms in total. The van der Waals surface area contributed by atoms with Crippen molar-refractivity contribution in [2.75, 3.05) is 0 Å². The molecule has 1 N–H and O–H groups in total. The SMILES string of the molecule is CCCC(c1ccccn1)N1C(=O)[C@@](C)(CC(=O)O)C[C@H](c2cccc(Cl)c2)[C@H]1c1ccc(Cl)cc1. The maximum absolute atomic E-state index is 14.3. The van der Waals surface area contributed by atoms with E-state index < -0.39 is 11.4 Å². The number of likely N-dealkylation sites (tertiary alicyclic amines) is 1. The lowest BCUT2D eigenvalue weighted by molar-refractivity contribution is -0.161. The summed E-state index contributed by atoms with van der Waals surface area (Å²) in [7, 11) is 0. The van der Waals surface area contributed by atoms with E-state index in [4.69, 9.17) is 23.2 Å². The highest BCUT2D eigenvalue weighted by Crippen LogP contribution is 2.54. The minimum Gasteiger partial charge on any atom is -0.481 e. The van der Waals surface area contributed by atoms with Gasteiger partial charge >= 0.3 is 5.97 Å². The van der Waals surface area contributed by atoms with Crippen LogP contribution in [0, 0.1) is 5.41 Å². The number of benzene rings is 2. The van der Waals surface area contributed by atoms with Gasteiger partial charge in [0.25, 0.3) is 0 Å². The average Bonchev–Trinajstić information content (AvgIpc) is 2.85.